The van der Waals surface area contributed by atoms with Crippen molar-refractivity contribution in [2.24, 2.45) is 0 Å². The molecule has 0 aliphatic carbocycles. The van der Waals surface area contributed by atoms with Crippen LogP contribution in [-0.4, -0.2) is 46.5 Å². The number of benzene rings is 1. The van der Waals surface area contributed by atoms with E-state index in [2.05, 4.69) is 26.3 Å². The number of esters is 1. The number of anilines is 2. The summed E-state index contributed by atoms with van der Waals surface area (Å²) in [7, 11) is 0. The van der Waals surface area contributed by atoms with Crippen molar-refractivity contribution in [3.05, 3.63) is 52.6 Å². The molecule has 0 fully saturated rings. The summed E-state index contributed by atoms with van der Waals surface area (Å²) in [5.41, 5.74) is 3.97. The van der Waals surface area contributed by atoms with E-state index in [0.717, 1.165) is 33.9 Å². The number of thiazole rings is 1. The van der Waals surface area contributed by atoms with Crippen LogP contribution in [0.4, 0.5) is 11.6 Å². The summed E-state index contributed by atoms with van der Waals surface area (Å²) >= 11 is 1.62. The normalized spacial score (nSPS) is 12.5. The smallest absolute Gasteiger partial charge is 0.308 e. The third-order valence-electron chi connectivity index (χ3n) is 4.73. The molecule has 154 valence electrons. The van der Waals surface area contributed by atoms with Gasteiger partial charge in [0.15, 0.2) is 6.61 Å². The highest BCUT2D eigenvalue weighted by Gasteiger charge is 2.25. The van der Waals surface area contributed by atoms with Gasteiger partial charge in [-0.1, -0.05) is 6.07 Å². The average Bonchev–Trinajstić information content (AvgIpc) is 3.38. The molecular formula is C21H21N5O3S. The van der Waals surface area contributed by atoms with E-state index in [1.807, 2.05) is 24.4 Å². The number of hydrogen-bond acceptors (Lipinski definition) is 8. The van der Waals surface area contributed by atoms with Gasteiger partial charge in [0.25, 0.3) is 5.91 Å². The van der Waals surface area contributed by atoms with Crippen molar-refractivity contribution in [1.29, 1.82) is 0 Å². The van der Waals surface area contributed by atoms with Crippen LogP contribution in [0.15, 0.2) is 42.0 Å². The quantitative estimate of drug-likeness (QED) is 0.584. The van der Waals surface area contributed by atoms with Crippen molar-refractivity contribution < 1.29 is 14.3 Å². The van der Waals surface area contributed by atoms with Crippen molar-refractivity contribution in [1.82, 2.24) is 15.0 Å². The predicted molar refractivity (Wildman–Crippen MR) is 114 cm³/mol. The Balaban J connectivity index is 1.28. The van der Waals surface area contributed by atoms with Crippen molar-refractivity contribution in [3.63, 3.8) is 0 Å². The van der Waals surface area contributed by atoms with Gasteiger partial charge in [0.1, 0.15) is 0 Å². The molecule has 30 heavy (non-hydrogen) atoms. The maximum atomic E-state index is 12.6. The largest absolute Gasteiger partial charge is 0.455 e. The zero-order valence-electron chi connectivity index (χ0n) is 16.5. The Morgan fingerprint density at radius 2 is 2.10 bits per heavy atom. The number of ether oxygens (including phenoxy) is 1. The Morgan fingerprint density at radius 1 is 1.27 bits per heavy atom. The predicted octanol–water partition coefficient (Wildman–Crippen LogP) is 2.84. The Kier molecular flexibility index (Phi) is 5.99. The van der Waals surface area contributed by atoms with Crippen LogP contribution in [0.25, 0.3) is 11.3 Å². The molecule has 1 N–H and O–H groups in total. The van der Waals surface area contributed by atoms with Gasteiger partial charge in [0, 0.05) is 42.1 Å². The van der Waals surface area contributed by atoms with E-state index < -0.39 is 5.97 Å². The SMILES string of the molecule is Cc1nc(-c2ccc3c(c2)CCN3C(=O)COC(=O)CCNc2ncccn2)cs1. The van der Waals surface area contributed by atoms with E-state index in [1.54, 1.807) is 34.7 Å². The molecule has 0 saturated heterocycles. The molecule has 0 unspecified atom stereocenters. The molecular weight excluding hydrogens is 402 g/mol. The summed E-state index contributed by atoms with van der Waals surface area (Å²) in [4.78, 5) is 38.7. The maximum Gasteiger partial charge on any atom is 0.308 e. The van der Waals surface area contributed by atoms with Crippen LogP contribution in [-0.2, 0) is 20.7 Å². The van der Waals surface area contributed by atoms with E-state index in [4.69, 9.17) is 4.74 Å². The number of carbonyl (C=O) groups excluding carboxylic acids is 2. The van der Waals surface area contributed by atoms with E-state index in [9.17, 15) is 9.59 Å². The molecule has 2 aromatic heterocycles. The molecule has 0 saturated carbocycles. The first kappa shape index (κ1) is 20.0. The zero-order valence-corrected chi connectivity index (χ0v) is 17.3. The first-order valence-electron chi connectivity index (χ1n) is 9.62. The number of nitrogens with zero attached hydrogens (tertiary/aromatic N) is 4. The van der Waals surface area contributed by atoms with Gasteiger partial charge in [-0.3, -0.25) is 9.59 Å². The number of hydrogen-bond donors (Lipinski definition) is 1. The number of aromatic nitrogens is 3. The third kappa shape index (κ3) is 4.62. The van der Waals surface area contributed by atoms with E-state index in [-0.39, 0.29) is 18.9 Å². The van der Waals surface area contributed by atoms with Gasteiger partial charge in [-0.2, -0.15) is 0 Å². The van der Waals surface area contributed by atoms with Crippen molar-refractivity contribution in [3.8, 4) is 11.3 Å². The second-order valence-electron chi connectivity index (χ2n) is 6.80. The third-order valence-corrected chi connectivity index (χ3v) is 5.50. The fourth-order valence-electron chi connectivity index (χ4n) is 3.28. The van der Waals surface area contributed by atoms with Crippen LogP contribution in [0.1, 0.15) is 17.0 Å². The highest BCUT2D eigenvalue weighted by atomic mass is 32.1. The Morgan fingerprint density at radius 3 is 2.87 bits per heavy atom. The second kappa shape index (κ2) is 9.00. The molecule has 0 atom stereocenters. The van der Waals surface area contributed by atoms with Crippen LogP contribution in [0.5, 0.6) is 0 Å². The molecule has 1 amide bonds. The van der Waals surface area contributed by atoms with Crippen molar-refractivity contribution in [2.75, 3.05) is 29.9 Å². The first-order chi connectivity index (χ1) is 14.6. The molecule has 0 radical (unpaired) electrons. The minimum atomic E-state index is -0.444. The zero-order chi connectivity index (χ0) is 20.9. The number of aryl methyl sites for hydroxylation is 1. The lowest BCUT2D eigenvalue weighted by Gasteiger charge is -2.17. The Hall–Kier alpha value is -3.33. The molecule has 9 heteroatoms. The summed E-state index contributed by atoms with van der Waals surface area (Å²) in [6.45, 7) is 2.63. The van der Waals surface area contributed by atoms with Crippen LogP contribution in [0, 0.1) is 6.92 Å². The molecule has 4 rings (SSSR count). The topological polar surface area (TPSA) is 97.3 Å². The van der Waals surface area contributed by atoms with E-state index >= 15 is 0 Å². The van der Waals surface area contributed by atoms with Crippen LogP contribution < -0.4 is 10.2 Å². The van der Waals surface area contributed by atoms with Gasteiger partial charge in [-0.05, 0) is 37.1 Å². The summed E-state index contributed by atoms with van der Waals surface area (Å²) in [6, 6.07) is 7.71. The van der Waals surface area contributed by atoms with Gasteiger partial charge in [0.05, 0.1) is 17.1 Å². The van der Waals surface area contributed by atoms with E-state index in [1.165, 1.54) is 0 Å². The van der Waals surface area contributed by atoms with Crippen molar-refractivity contribution >= 4 is 34.8 Å². The number of amides is 1. The number of carbonyl (C=O) groups is 2. The number of nitrogens with one attached hydrogen (secondary N) is 1. The lowest BCUT2D eigenvalue weighted by Crippen LogP contribution is -2.33. The minimum absolute atomic E-state index is 0.124. The molecule has 1 aliphatic heterocycles. The van der Waals surface area contributed by atoms with Gasteiger partial charge >= 0.3 is 5.97 Å². The molecule has 0 bridgehead atoms. The summed E-state index contributed by atoms with van der Waals surface area (Å²) < 4.78 is 5.15. The van der Waals surface area contributed by atoms with Gasteiger partial charge in [0.2, 0.25) is 5.95 Å². The summed E-state index contributed by atoms with van der Waals surface area (Å²) in [6.07, 6.45) is 4.12. The standard InChI is InChI=1S/C21H21N5O3S/c1-14-25-17(13-30-14)15-3-4-18-16(11-15)6-10-26(18)19(27)12-29-20(28)5-9-24-21-22-7-2-8-23-21/h2-4,7-8,11,13H,5-6,9-10,12H2,1H3,(H,22,23,24). The van der Waals surface area contributed by atoms with Gasteiger partial charge < -0.3 is 15.0 Å². The Labute approximate surface area is 178 Å². The van der Waals surface area contributed by atoms with Gasteiger partial charge in [-0.25, -0.2) is 15.0 Å². The summed E-state index contributed by atoms with van der Waals surface area (Å²) in [5.74, 6) is -0.221. The van der Waals surface area contributed by atoms with Crippen LogP contribution in [0.3, 0.4) is 0 Å². The van der Waals surface area contributed by atoms with Crippen LogP contribution >= 0.6 is 11.3 Å². The molecule has 3 heterocycles. The van der Waals surface area contributed by atoms with E-state index in [0.29, 0.717) is 19.0 Å². The average molecular weight is 423 g/mol. The van der Waals surface area contributed by atoms with Crippen LogP contribution in [0.2, 0.25) is 0 Å². The molecule has 1 aliphatic rings. The highest BCUT2D eigenvalue weighted by molar-refractivity contribution is 7.09. The minimum Gasteiger partial charge on any atom is -0.455 e. The highest BCUT2D eigenvalue weighted by Crippen LogP contribution is 2.32. The lowest BCUT2D eigenvalue weighted by atomic mass is 10.1. The first-order valence-corrected chi connectivity index (χ1v) is 10.5. The second-order valence-corrected chi connectivity index (χ2v) is 7.86. The van der Waals surface area contributed by atoms with Gasteiger partial charge in [-0.15, -0.1) is 11.3 Å². The fourth-order valence-corrected chi connectivity index (χ4v) is 3.90. The fraction of sp³-hybridized carbons (Fsp3) is 0.286. The Bertz CT molecular complexity index is 1050. The molecule has 0 spiro atoms. The summed E-state index contributed by atoms with van der Waals surface area (Å²) in [5, 5.41) is 5.99. The monoisotopic (exact) mass is 423 g/mol. The van der Waals surface area contributed by atoms with Crippen molar-refractivity contribution in [2.45, 2.75) is 19.8 Å². The molecule has 1 aromatic carbocycles. The number of rotatable bonds is 7. The number of fused-ring (bicyclic) bond motifs is 1. The maximum absolute atomic E-state index is 12.6. The molecule has 3 aromatic rings. The molecule has 8 nitrogen and oxygen atoms in total. The lowest BCUT2D eigenvalue weighted by molar-refractivity contribution is -0.147.